The van der Waals surface area contributed by atoms with Crippen molar-refractivity contribution in [2.75, 3.05) is 43.6 Å². The molecule has 1 aromatic rings. The van der Waals surface area contributed by atoms with Crippen LogP contribution in [0.15, 0.2) is 29.8 Å². The van der Waals surface area contributed by atoms with E-state index in [9.17, 15) is 9.59 Å². The van der Waals surface area contributed by atoms with Gasteiger partial charge in [0, 0.05) is 24.9 Å². The summed E-state index contributed by atoms with van der Waals surface area (Å²) in [5.41, 5.74) is 2.57. The van der Waals surface area contributed by atoms with Crippen molar-refractivity contribution < 1.29 is 19.1 Å². The van der Waals surface area contributed by atoms with Crippen molar-refractivity contribution in [1.82, 2.24) is 0 Å². The molecule has 1 N–H and O–H groups in total. The van der Waals surface area contributed by atoms with Gasteiger partial charge in [-0.2, -0.15) is 0 Å². The van der Waals surface area contributed by atoms with E-state index in [2.05, 4.69) is 10.2 Å². The summed E-state index contributed by atoms with van der Waals surface area (Å²) in [6, 6.07) is 5.36. The molecule has 23 heavy (non-hydrogen) atoms. The molecule has 6 nitrogen and oxygen atoms in total. The van der Waals surface area contributed by atoms with E-state index in [0.717, 1.165) is 24.4 Å². The minimum absolute atomic E-state index is 0.269. The van der Waals surface area contributed by atoms with Crippen molar-refractivity contribution in [3.63, 3.8) is 0 Å². The van der Waals surface area contributed by atoms with Crippen LogP contribution in [0, 0.1) is 0 Å². The molecule has 1 saturated heterocycles. The van der Waals surface area contributed by atoms with Crippen LogP contribution in [0.4, 0.5) is 11.4 Å². The average Bonchev–Trinajstić information content (AvgIpc) is 2.54. The van der Waals surface area contributed by atoms with Crippen LogP contribution in [0.3, 0.4) is 0 Å². The van der Waals surface area contributed by atoms with E-state index in [0.29, 0.717) is 24.5 Å². The number of amides is 1. The summed E-state index contributed by atoms with van der Waals surface area (Å²) in [6.45, 7) is 6.53. The minimum atomic E-state index is -0.479. The molecule has 1 aliphatic rings. The highest BCUT2D eigenvalue weighted by atomic mass is 16.5. The van der Waals surface area contributed by atoms with Crippen LogP contribution < -0.4 is 10.2 Å². The first kappa shape index (κ1) is 17.0. The van der Waals surface area contributed by atoms with Gasteiger partial charge in [-0.05, 0) is 32.0 Å². The molecule has 1 aromatic carbocycles. The van der Waals surface area contributed by atoms with Gasteiger partial charge in [-0.3, -0.25) is 4.79 Å². The molecule has 124 valence electrons. The van der Waals surface area contributed by atoms with Crippen molar-refractivity contribution in [1.29, 1.82) is 0 Å². The van der Waals surface area contributed by atoms with Gasteiger partial charge in [-0.25, -0.2) is 4.79 Å². The summed E-state index contributed by atoms with van der Waals surface area (Å²) < 4.78 is 10.2. The number of hydrogen-bond donors (Lipinski definition) is 1. The summed E-state index contributed by atoms with van der Waals surface area (Å²) in [6.07, 6.45) is 1.48. The summed E-state index contributed by atoms with van der Waals surface area (Å²) >= 11 is 0. The zero-order valence-corrected chi connectivity index (χ0v) is 13.7. The molecule has 2 rings (SSSR count). The Kier molecular flexibility index (Phi) is 5.76. The van der Waals surface area contributed by atoms with Gasteiger partial charge in [0.15, 0.2) is 0 Å². The second-order valence-corrected chi connectivity index (χ2v) is 5.53. The molecule has 0 unspecified atom stereocenters. The molecule has 0 aliphatic carbocycles. The maximum absolute atomic E-state index is 12.0. The van der Waals surface area contributed by atoms with Gasteiger partial charge in [-0.15, -0.1) is 0 Å². The van der Waals surface area contributed by atoms with Gasteiger partial charge < -0.3 is 19.7 Å². The molecule has 0 radical (unpaired) electrons. The third-order valence-corrected chi connectivity index (χ3v) is 3.46. The molecule has 0 bridgehead atoms. The van der Waals surface area contributed by atoms with Gasteiger partial charge in [0.1, 0.15) is 0 Å². The Morgan fingerprint density at radius 3 is 2.57 bits per heavy atom. The fourth-order valence-corrected chi connectivity index (χ4v) is 2.37. The van der Waals surface area contributed by atoms with E-state index >= 15 is 0 Å². The van der Waals surface area contributed by atoms with Gasteiger partial charge in [0.2, 0.25) is 5.91 Å². The average molecular weight is 318 g/mol. The van der Waals surface area contributed by atoms with Gasteiger partial charge >= 0.3 is 5.97 Å². The van der Waals surface area contributed by atoms with E-state index in [1.807, 2.05) is 19.9 Å². The summed E-state index contributed by atoms with van der Waals surface area (Å²) in [4.78, 5) is 26.1. The number of nitrogens with one attached hydrogen (secondary N) is 1. The van der Waals surface area contributed by atoms with E-state index in [1.54, 1.807) is 12.1 Å². The zero-order valence-electron chi connectivity index (χ0n) is 13.7. The largest absolute Gasteiger partial charge is 0.465 e. The van der Waals surface area contributed by atoms with Crippen LogP contribution in [0.25, 0.3) is 0 Å². The number of carbonyl (C=O) groups excluding carboxylic acids is 2. The Balaban J connectivity index is 2.29. The fraction of sp³-hybridized carbons (Fsp3) is 0.412. The zero-order chi connectivity index (χ0) is 16.8. The standard InChI is InChI=1S/C17H22N2O4/c1-12(2)10-16(20)18-15-5-4-13(11-14(15)17(21)22-3)19-6-8-23-9-7-19/h4-5,10-11H,6-9H2,1-3H3,(H,18,20). The number of anilines is 2. The summed E-state index contributed by atoms with van der Waals surface area (Å²) in [5.74, 6) is -0.748. The van der Waals surface area contributed by atoms with Crippen LogP contribution in [-0.2, 0) is 14.3 Å². The van der Waals surface area contributed by atoms with Crippen LogP contribution in [0.2, 0.25) is 0 Å². The number of ether oxygens (including phenoxy) is 2. The number of nitrogens with zero attached hydrogens (tertiary/aromatic N) is 1. The smallest absolute Gasteiger partial charge is 0.340 e. The van der Waals surface area contributed by atoms with Crippen LogP contribution in [0.5, 0.6) is 0 Å². The number of benzene rings is 1. The molecule has 1 heterocycles. The van der Waals surface area contributed by atoms with E-state index in [1.165, 1.54) is 13.2 Å². The van der Waals surface area contributed by atoms with Crippen molar-refractivity contribution in [2.45, 2.75) is 13.8 Å². The third kappa shape index (κ3) is 4.56. The highest BCUT2D eigenvalue weighted by molar-refractivity contribution is 6.05. The SMILES string of the molecule is COC(=O)c1cc(N2CCOCC2)ccc1NC(=O)C=C(C)C. The minimum Gasteiger partial charge on any atom is -0.465 e. The number of methoxy groups -OCH3 is 1. The number of hydrogen-bond acceptors (Lipinski definition) is 5. The lowest BCUT2D eigenvalue weighted by atomic mass is 10.1. The maximum Gasteiger partial charge on any atom is 0.340 e. The molecular formula is C17H22N2O4. The maximum atomic E-state index is 12.0. The van der Waals surface area contributed by atoms with Crippen LogP contribution >= 0.6 is 0 Å². The second kappa shape index (κ2) is 7.78. The Morgan fingerprint density at radius 1 is 1.26 bits per heavy atom. The van der Waals surface area contributed by atoms with Crippen molar-refractivity contribution >= 4 is 23.3 Å². The topological polar surface area (TPSA) is 67.9 Å². The van der Waals surface area contributed by atoms with Crippen LogP contribution in [-0.4, -0.2) is 45.3 Å². The molecule has 0 aromatic heterocycles. The molecule has 1 aliphatic heterocycles. The molecule has 0 spiro atoms. The van der Waals surface area contributed by atoms with Crippen molar-refractivity contribution in [3.05, 3.63) is 35.4 Å². The quantitative estimate of drug-likeness (QED) is 0.681. The van der Waals surface area contributed by atoms with E-state index in [4.69, 9.17) is 9.47 Å². The van der Waals surface area contributed by atoms with Gasteiger partial charge in [0.25, 0.3) is 0 Å². The second-order valence-electron chi connectivity index (χ2n) is 5.53. The molecule has 1 fully saturated rings. The monoisotopic (exact) mass is 318 g/mol. The Bertz CT molecular complexity index is 615. The highest BCUT2D eigenvalue weighted by Crippen LogP contribution is 2.25. The predicted molar refractivity (Wildman–Crippen MR) is 88.9 cm³/mol. The molecular weight excluding hydrogens is 296 g/mol. The lowest BCUT2D eigenvalue weighted by Gasteiger charge is -2.29. The summed E-state index contributed by atoms with van der Waals surface area (Å²) in [5, 5.41) is 2.73. The lowest BCUT2D eigenvalue weighted by molar-refractivity contribution is -0.111. The molecule has 0 saturated carbocycles. The highest BCUT2D eigenvalue weighted by Gasteiger charge is 2.18. The summed E-state index contributed by atoms with van der Waals surface area (Å²) in [7, 11) is 1.32. The Labute approximate surface area is 136 Å². The fourth-order valence-electron chi connectivity index (χ4n) is 2.37. The lowest BCUT2D eigenvalue weighted by Crippen LogP contribution is -2.36. The number of esters is 1. The van der Waals surface area contributed by atoms with Crippen molar-refractivity contribution in [3.8, 4) is 0 Å². The first-order chi connectivity index (χ1) is 11.0. The van der Waals surface area contributed by atoms with E-state index in [-0.39, 0.29) is 5.91 Å². The van der Waals surface area contributed by atoms with Crippen LogP contribution in [0.1, 0.15) is 24.2 Å². The molecule has 6 heteroatoms. The first-order valence-electron chi connectivity index (χ1n) is 7.52. The number of rotatable bonds is 4. The number of morpholine rings is 1. The molecule has 0 atom stereocenters. The normalized spacial score (nSPS) is 14.1. The first-order valence-corrected chi connectivity index (χ1v) is 7.52. The Morgan fingerprint density at radius 2 is 1.96 bits per heavy atom. The predicted octanol–water partition coefficient (Wildman–Crippen LogP) is 2.21. The molecule has 1 amide bonds. The van der Waals surface area contributed by atoms with Gasteiger partial charge in [0.05, 0.1) is 31.6 Å². The number of carbonyl (C=O) groups is 2. The van der Waals surface area contributed by atoms with E-state index < -0.39 is 5.97 Å². The third-order valence-electron chi connectivity index (χ3n) is 3.46. The van der Waals surface area contributed by atoms with Gasteiger partial charge in [-0.1, -0.05) is 5.57 Å². The number of allylic oxidation sites excluding steroid dienone is 1. The Hall–Kier alpha value is -2.34. The van der Waals surface area contributed by atoms with Crippen molar-refractivity contribution in [2.24, 2.45) is 0 Å².